The highest BCUT2D eigenvalue weighted by Crippen LogP contribution is 2.25. The number of rotatable bonds is 2. The third-order valence-corrected chi connectivity index (χ3v) is 4.05. The largest absolute Gasteiger partial charge is 0.337 e. The lowest BCUT2D eigenvalue weighted by Gasteiger charge is -2.16. The summed E-state index contributed by atoms with van der Waals surface area (Å²) < 4.78 is 0.862. The Morgan fingerprint density at radius 1 is 1.50 bits per heavy atom. The minimum atomic E-state index is -0.0570. The van der Waals surface area contributed by atoms with E-state index in [9.17, 15) is 4.79 Å². The summed E-state index contributed by atoms with van der Waals surface area (Å²) in [5, 5.41) is 0.602. The van der Waals surface area contributed by atoms with Crippen LogP contribution in [0, 0.1) is 0 Å². The average molecular weight is 323 g/mol. The molecule has 0 saturated carbocycles. The van der Waals surface area contributed by atoms with Crippen molar-refractivity contribution < 1.29 is 4.79 Å². The van der Waals surface area contributed by atoms with E-state index in [1.807, 2.05) is 18.2 Å². The van der Waals surface area contributed by atoms with Gasteiger partial charge in [0.05, 0.1) is 10.4 Å². The molecule has 16 heavy (non-hydrogen) atoms. The van der Waals surface area contributed by atoms with Crippen molar-refractivity contribution in [2.75, 3.05) is 6.54 Å². The average Bonchev–Trinajstić information content (AvgIpc) is 2.51. The zero-order valence-electron chi connectivity index (χ0n) is 8.42. The second-order valence-electron chi connectivity index (χ2n) is 3.82. The predicted molar refractivity (Wildman–Crippen MR) is 68.8 cm³/mol. The van der Waals surface area contributed by atoms with Crippen LogP contribution < -0.4 is 0 Å². The first-order chi connectivity index (χ1) is 7.56. The fraction of sp³-hybridized carbons (Fsp3) is 0.364. The number of nitrogens with zero attached hydrogens (tertiary/aromatic N) is 1. The van der Waals surface area contributed by atoms with Gasteiger partial charge >= 0.3 is 0 Å². The maximum Gasteiger partial charge on any atom is 0.224 e. The Morgan fingerprint density at radius 2 is 2.25 bits per heavy atom. The number of alkyl halides is 1. The summed E-state index contributed by atoms with van der Waals surface area (Å²) in [6.07, 6.45) is 0.436. The molecule has 0 bridgehead atoms. The van der Waals surface area contributed by atoms with Crippen molar-refractivity contribution >= 4 is 45.0 Å². The lowest BCUT2D eigenvalue weighted by molar-refractivity contribution is -0.128. The van der Waals surface area contributed by atoms with Crippen LogP contribution in [0.25, 0.3) is 0 Å². The molecule has 1 aliphatic rings. The van der Waals surface area contributed by atoms with Crippen molar-refractivity contribution in [2.45, 2.75) is 18.3 Å². The molecule has 0 radical (unpaired) electrons. The molecule has 1 fully saturated rings. The fourth-order valence-electron chi connectivity index (χ4n) is 1.74. The smallest absolute Gasteiger partial charge is 0.224 e. The number of hydrogen-bond donors (Lipinski definition) is 0. The summed E-state index contributed by atoms with van der Waals surface area (Å²) in [6.45, 7) is 1.20. The Kier molecular flexibility index (Phi) is 3.77. The van der Waals surface area contributed by atoms with E-state index in [1.54, 1.807) is 4.90 Å². The predicted octanol–water partition coefficient (Wildman–Crippen LogP) is 3.44. The van der Waals surface area contributed by atoms with Crippen molar-refractivity contribution in [3.05, 3.63) is 33.3 Å². The minimum Gasteiger partial charge on any atom is -0.337 e. The first-order valence-corrected chi connectivity index (χ1v) is 6.53. The van der Waals surface area contributed by atoms with Crippen molar-refractivity contribution in [1.82, 2.24) is 4.90 Å². The molecule has 1 saturated heterocycles. The standard InChI is InChI=1S/C11H10BrCl2NO/c12-9-2-1-7(3-10(9)14)5-15-6-8(13)4-11(15)16/h1-3,8H,4-6H2. The topological polar surface area (TPSA) is 20.3 Å². The van der Waals surface area contributed by atoms with Crippen molar-refractivity contribution in [3.8, 4) is 0 Å². The molecule has 1 amide bonds. The second kappa shape index (κ2) is 4.94. The molecular weight excluding hydrogens is 313 g/mol. The van der Waals surface area contributed by atoms with Crippen LogP contribution in [0.4, 0.5) is 0 Å². The van der Waals surface area contributed by atoms with Gasteiger partial charge in [-0.15, -0.1) is 11.6 Å². The van der Waals surface area contributed by atoms with Gasteiger partial charge in [0, 0.05) is 24.0 Å². The summed E-state index contributed by atoms with van der Waals surface area (Å²) in [5.41, 5.74) is 1.02. The summed E-state index contributed by atoms with van der Waals surface area (Å²) in [7, 11) is 0. The number of amides is 1. The highest BCUT2D eigenvalue weighted by atomic mass is 79.9. The molecule has 1 aromatic carbocycles. The number of carbonyl (C=O) groups excluding carboxylic acids is 1. The highest BCUT2D eigenvalue weighted by molar-refractivity contribution is 9.10. The zero-order chi connectivity index (χ0) is 11.7. The monoisotopic (exact) mass is 321 g/mol. The van der Waals surface area contributed by atoms with E-state index in [4.69, 9.17) is 23.2 Å². The van der Waals surface area contributed by atoms with Crippen molar-refractivity contribution in [2.24, 2.45) is 0 Å². The molecule has 86 valence electrons. The van der Waals surface area contributed by atoms with Gasteiger partial charge in [0.25, 0.3) is 0 Å². The van der Waals surface area contributed by atoms with Crippen molar-refractivity contribution in [3.63, 3.8) is 0 Å². The first kappa shape index (κ1) is 12.2. The SMILES string of the molecule is O=C1CC(Cl)CN1Cc1ccc(Br)c(Cl)c1. The lowest BCUT2D eigenvalue weighted by atomic mass is 10.2. The molecule has 0 spiro atoms. The Morgan fingerprint density at radius 3 is 2.81 bits per heavy atom. The van der Waals surface area contributed by atoms with Crippen LogP contribution in [0.2, 0.25) is 5.02 Å². The number of likely N-dealkylation sites (tertiary alicyclic amines) is 1. The third kappa shape index (κ3) is 2.70. The van der Waals surface area contributed by atoms with E-state index < -0.39 is 0 Å². The van der Waals surface area contributed by atoms with Crippen LogP contribution in [0.15, 0.2) is 22.7 Å². The third-order valence-electron chi connectivity index (χ3n) is 2.52. The summed E-state index contributed by atoms with van der Waals surface area (Å²) >= 11 is 15.2. The van der Waals surface area contributed by atoms with Gasteiger partial charge in [-0.1, -0.05) is 17.7 Å². The number of carbonyl (C=O) groups is 1. The number of hydrogen-bond acceptors (Lipinski definition) is 1. The number of halogens is 3. The van der Waals surface area contributed by atoms with Gasteiger partial charge in [0.2, 0.25) is 5.91 Å². The summed E-state index contributed by atoms with van der Waals surface area (Å²) in [4.78, 5) is 13.3. The van der Waals surface area contributed by atoms with Gasteiger partial charge in [0.15, 0.2) is 0 Å². The second-order valence-corrected chi connectivity index (χ2v) is 5.70. The molecule has 2 nitrogen and oxygen atoms in total. The van der Waals surface area contributed by atoms with E-state index in [2.05, 4.69) is 15.9 Å². The Labute approximate surface area is 113 Å². The van der Waals surface area contributed by atoms with Gasteiger partial charge in [0.1, 0.15) is 0 Å². The van der Waals surface area contributed by atoms with E-state index >= 15 is 0 Å². The molecule has 0 aromatic heterocycles. The van der Waals surface area contributed by atoms with Crippen LogP contribution in [-0.2, 0) is 11.3 Å². The molecule has 1 aliphatic heterocycles. The normalized spacial score (nSPS) is 20.6. The molecule has 1 unspecified atom stereocenters. The van der Waals surface area contributed by atoms with Crippen LogP contribution in [0.1, 0.15) is 12.0 Å². The zero-order valence-corrected chi connectivity index (χ0v) is 11.5. The highest BCUT2D eigenvalue weighted by Gasteiger charge is 2.27. The van der Waals surface area contributed by atoms with E-state index in [1.165, 1.54) is 0 Å². The molecule has 1 aromatic rings. The molecule has 0 N–H and O–H groups in total. The summed E-state index contributed by atoms with van der Waals surface area (Å²) in [5.74, 6) is 0.110. The van der Waals surface area contributed by atoms with Crippen LogP contribution in [0.5, 0.6) is 0 Å². The lowest BCUT2D eigenvalue weighted by Crippen LogP contribution is -2.24. The van der Waals surface area contributed by atoms with Gasteiger partial charge in [-0.05, 0) is 33.6 Å². The maximum atomic E-state index is 11.5. The minimum absolute atomic E-state index is 0.0570. The molecular formula is C11H10BrCl2NO. The van der Waals surface area contributed by atoms with E-state index in [-0.39, 0.29) is 11.3 Å². The Balaban J connectivity index is 2.09. The molecule has 5 heteroatoms. The first-order valence-electron chi connectivity index (χ1n) is 4.92. The van der Waals surface area contributed by atoms with Gasteiger partial charge in [-0.25, -0.2) is 0 Å². The van der Waals surface area contributed by atoms with Gasteiger partial charge < -0.3 is 4.90 Å². The number of benzene rings is 1. The molecule has 1 atom stereocenters. The molecule has 2 rings (SSSR count). The van der Waals surface area contributed by atoms with Crippen molar-refractivity contribution in [1.29, 1.82) is 0 Å². The Hall–Kier alpha value is -0.250. The van der Waals surface area contributed by atoms with Crippen LogP contribution in [0.3, 0.4) is 0 Å². The molecule has 0 aliphatic carbocycles. The van der Waals surface area contributed by atoms with Gasteiger partial charge in [-0.3, -0.25) is 4.79 Å². The quantitative estimate of drug-likeness (QED) is 0.764. The summed E-state index contributed by atoms with van der Waals surface area (Å²) in [6, 6.07) is 5.70. The molecule has 1 heterocycles. The fourth-order valence-corrected chi connectivity index (χ4v) is 2.48. The van der Waals surface area contributed by atoms with Crippen LogP contribution >= 0.6 is 39.1 Å². The van der Waals surface area contributed by atoms with Gasteiger partial charge in [-0.2, -0.15) is 0 Å². The maximum absolute atomic E-state index is 11.5. The Bertz CT molecular complexity index is 424. The van der Waals surface area contributed by atoms with E-state index in [0.29, 0.717) is 24.5 Å². The van der Waals surface area contributed by atoms with Crippen LogP contribution in [-0.4, -0.2) is 22.7 Å². The van der Waals surface area contributed by atoms with E-state index in [0.717, 1.165) is 10.0 Å².